The van der Waals surface area contributed by atoms with E-state index in [4.69, 9.17) is 14.8 Å². The molecule has 0 unspecified atom stereocenters. The van der Waals surface area contributed by atoms with E-state index in [0.717, 1.165) is 69.6 Å². The van der Waals surface area contributed by atoms with Gasteiger partial charge in [0.25, 0.3) is 0 Å². The van der Waals surface area contributed by atoms with Crippen molar-refractivity contribution in [2.45, 2.75) is 25.9 Å². The predicted molar refractivity (Wildman–Crippen MR) is 128 cm³/mol. The molecule has 2 N–H and O–H groups in total. The van der Waals surface area contributed by atoms with Gasteiger partial charge < -0.3 is 10.1 Å². The first-order valence-corrected chi connectivity index (χ1v) is 11.9. The minimum Gasteiger partial charge on any atom is -0.490 e. The second-order valence-corrected chi connectivity index (χ2v) is 9.12. The van der Waals surface area contributed by atoms with Gasteiger partial charge in [0, 0.05) is 17.8 Å². The highest BCUT2D eigenvalue weighted by atomic mass is 32.1. The summed E-state index contributed by atoms with van der Waals surface area (Å²) in [5, 5.41) is 16.0. The Balaban J connectivity index is 1.46. The fourth-order valence-electron chi connectivity index (χ4n) is 4.28. The molecule has 0 saturated carbocycles. The van der Waals surface area contributed by atoms with Gasteiger partial charge in [-0.3, -0.25) is 5.10 Å². The third-order valence-corrected chi connectivity index (χ3v) is 6.97. The molecule has 0 aliphatic carbocycles. The molecule has 9 heteroatoms. The Morgan fingerprint density at radius 3 is 2.76 bits per heavy atom. The summed E-state index contributed by atoms with van der Waals surface area (Å²) in [6, 6.07) is 14.2. The smallest absolute Gasteiger partial charge is 0.167 e. The van der Waals surface area contributed by atoms with E-state index in [1.54, 1.807) is 11.3 Å². The molecular formula is C24H23N7OS. The number of piperidine rings is 1. The van der Waals surface area contributed by atoms with E-state index in [-0.39, 0.29) is 6.10 Å². The highest BCUT2D eigenvalue weighted by Gasteiger charge is 2.22. The molecular weight excluding hydrogens is 434 g/mol. The predicted octanol–water partition coefficient (Wildman–Crippen LogP) is 4.35. The van der Waals surface area contributed by atoms with Crippen LogP contribution in [0.3, 0.4) is 0 Å². The van der Waals surface area contributed by atoms with Gasteiger partial charge in [-0.05, 0) is 38.9 Å². The standard InChI is InChI=1S/C24H23N7OS/c1-15-20(19-13-18(9-12-31(19)30-15)32-17-7-10-25-11-8-17)24-28-21(16-5-3-2-4-6-16)22(33-24)23-26-14-27-29-23/h2-6,9,12-14,17,25H,7-8,10-11H2,1H3,(H,26,27,29). The van der Waals surface area contributed by atoms with E-state index in [0.29, 0.717) is 5.82 Å². The molecule has 4 aromatic heterocycles. The third-order valence-electron chi connectivity index (χ3n) is 5.89. The molecule has 0 atom stereocenters. The molecule has 0 radical (unpaired) electrons. The van der Waals surface area contributed by atoms with Gasteiger partial charge in [-0.15, -0.1) is 11.3 Å². The van der Waals surface area contributed by atoms with Gasteiger partial charge in [-0.1, -0.05) is 30.3 Å². The van der Waals surface area contributed by atoms with Crippen LogP contribution >= 0.6 is 11.3 Å². The normalized spacial score (nSPS) is 14.7. The van der Waals surface area contributed by atoms with Crippen molar-refractivity contribution in [3.05, 3.63) is 60.7 Å². The van der Waals surface area contributed by atoms with Crippen LogP contribution in [-0.2, 0) is 0 Å². The minimum absolute atomic E-state index is 0.240. The number of benzene rings is 1. The Morgan fingerprint density at radius 2 is 1.97 bits per heavy atom. The number of fused-ring (bicyclic) bond motifs is 1. The van der Waals surface area contributed by atoms with Crippen LogP contribution in [0.5, 0.6) is 5.75 Å². The van der Waals surface area contributed by atoms with E-state index >= 15 is 0 Å². The van der Waals surface area contributed by atoms with Crippen LogP contribution in [0, 0.1) is 6.92 Å². The molecule has 5 heterocycles. The molecule has 6 rings (SSSR count). The highest BCUT2D eigenvalue weighted by Crippen LogP contribution is 2.41. The van der Waals surface area contributed by atoms with Crippen molar-refractivity contribution in [1.82, 2.24) is 35.1 Å². The molecule has 0 spiro atoms. The Kier molecular flexibility index (Phi) is 5.12. The zero-order valence-electron chi connectivity index (χ0n) is 18.2. The van der Waals surface area contributed by atoms with Gasteiger partial charge in [-0.2, -0.15) is 10.2 Å². The molecule has 0 amide bonds. The number of hydrogen-bond acceptors (Lipinski definition) is 7. The highest BCUT2D eigenvalue weighted by molar-refractivity contribution is 7.19. The van der Waals surface area contributed by atoms with Crippen molar-refractivity contribution in [3.63, 3.8) is 0 Å². The molecule has 1 aromatic carbocycles. The zero-order chi connectivity index (χ0) is 22.2. The number of nitrogens with one attached hydrogen (secondary N) is 2. The van der Waals surface area contributed by atoms with E-state index in [2.05, 4.69) is 38.7 Å². The average Bonchev–Trinajstić information content (AvgIpc) is 3.58. The maximum Gasteiger partial charge on any atom is 0.167 e. The number of ether oxygens (including phenoxy) is 1. The number of aryl methyl sites for hydroxylation is 1. The number of nitrogens with zero attached hydrogens (tertiary/aromatic N) is 5. The average molecular weight is 458 g/mol. The van der Waals surface area contributed by atoms with E-state index in [1.165, 1.54) is 6.33 Å². The molecule has 8 nitrogen and oxygen atoms in total. The van der Waals surface area contributed by atoms with Gasteiger partial charge in [-0.25, -0.2) is 14.5 Å². The number of aromatic nitrogens is 6. The van der Waals surface area contributed by atoms with Gasteiger partial charge in [0.15, 0.2) is 5.82 Å². The Morgan fingerprint density at radius 1 is 1.12 bits per heavy atom. The molecule has 5 aromatic rings. The molecule has 1 saturated heterocycles. The molecule has 1 aliphatic rings. The van der Waals surface area contributed by atoms with E-state index in [1.807, 2.05) is 41.9 Å². The lowest BCUT2D eigenvalue weighted by Gasteiger charge is -2.23. The maximum atomic E-state index is 6.30. The molecule has 1 aliphatic heterocycles. The lowest BCUT2D eigenvalue weighted by atomic mass is 10.1. The summed E-state index contributed by atoms with van der Waals surface area (Å²) in [6.45, 7) is 4.01. The fraction of sp³-hybridized carbons (Fsp3) is 0.250. The second-order valence-electron chi connectivity index (χ2n) is 8.12. The molecule has 1 fully saturated rings. The Labute approximate surface area is 194 Å². The summed E-state index contributed by atoms with van der Waals surface area (Å²) in [6.07, 6.45) is 5.76. The molecule has 0 bridgehead atoms. The Hall–Kier alpha value is -3.56. The van der Waals surface area contributed by atoms with Gasteiger partial charge in [0.05, 0.1) is 27.3 Å². The monoisotopic (exact) mass is 457 g/mol. The maximum absolute atomic E-state index is 6.30. The summed E-state index contributed by atoms with van der Waals surface area (Å²) < 4.78 is 8.20. The quantitative estimate of drug-likeness (QED) is 0.408. The summed E-state index contributed by atoms with van der Waals surface area (Å²) in [4.78, 5) is 10.4. The van der Waals surface area contributed by atoms with Crippen LogP contribution in [0.1, 0.15) is 18.5 Å². The van der Waals surface area contributed by atoms with Crippen LogP contribution in [-0.4, -0.2) is 49.0 Å². The van der Waals surface area contributed by atoms with Crippen molar-refractivity contribution in [1.29, 1.82) is 0 Å². The first-order valence-electron chi connectivity index (χ1n) is 11.0. The first-order chi connectivity index (χ1) is 16.3. The van der Waals surface area contributed by atoms with Crippen LogP contribution in [0.15, 0.2) is 55.0 Å². The SMILES string of the molecule is Cc1nn2ccc(OC3CCNCC3)cc2c1-c1nc(-c2ccccc2)c(-c2ncn[nH]2)s1. The minimum atomic E-state index is 0.240. The molecule has 166 valence electrons. The summed E-state index contributed by atoms with van der Waals surface area (Å²) in [5.41, 5.74) is 4.84. The zero-order valence-corrected chi connectivity index (χ0v) is 19.0. The van der Waals surface area contributed by atoms with Crippen molar-refractivity contribution in [2.24, 2.45) is 0 Å². The van der Waals surface area contributed by atoms with Crippen molar-refractivity contribution >= 4 is 16.9 Å². The largest absolute Gasteiger partial charge is 0.490 e. The number of H-pyrrole nitrogens is 1. The van der Waals surface area contributed by atoms with Crippen LogP contribution in [0.2, 0.25) is 0 Å². The Bertz CT molecular complexity index is 1390. The lowest BCUT2D eigenvalue weighted by Crippen LogP contribution is -2.34. The number of thiazole rings is 1. The van der Waals surface area contributed by atoms with Crippen molar-refractivity contribution < 1.29 is 4.74 Å². The van der Waals surface area contributed by atoms with Crippen molar-refractivity contribution in [2.75, 3.05) is 13.1 Å². The first kappa shape index (κ1) is 20.1. The van der Waals surface area contributed by atoms with Crippen LogP contribution in [0.4, 0.5) is 0 Å². The number of rotatable bonds is 5. The van der Waals surface area contributed by atoms with E-state index in [9.17, 15) is 0 Å². The van der Waals surface area contributed by atoms with Gasteiger partial charge in [0.2, 0.25) is 0 Å². The van der Waals surface area contributed by atoms with Gasteiger partial charge >= 0.3 is 0 Å². The van der Waals surface area contributed by atoms with Crippen LogP contribution in [0.25, 0.3) is 38.0 Å². The fourth-order valence-corrected chi connectivity index (χ4v) is 5.42. The number of aromatic amines is 1. The van der Waals surface area contributed by atoms with Gasteiger partial charge in [0.1, 0.15) is 23.2 Å². The summed E-state index contributed by atoms with van der Waals surface area (Å²) in [7, 11) is 0. The number of pyridine rings is 1. The van der Waals surface area contributed by atoms with Crippen molar-refractivity contribution in [3.8, 4) is 38.3 Å². The summed E-state index contributed by atoms with van der Waals surface area (Å²) in [5.74, 6) is 1.58. The third kappa shape index (κ3) is 3.79. The van der Waals surface area contributed by atoms with Crippen LogP contribution < -0.4 is 10.1 Å². The molecule has 33 heavy (non-hydrogen) atoms. The van der Waals surface area contributed by atoms with E-state index < -0.39 is 0 Å². The lowest BCUT2D eigenvalue weighted by molar-refractivity contribution is 0.162. The topological polar surface area (TPSA) is 93.0 Å². The summed E-state index contributed by atoms with van der Waals surface area (Å²) >= 11 is 1.59. The second kappa shape index (κ2) is 8.42. The number of hydrogen-bond donors (Lipinski definition) is 2.